The number of rotatable bonds is 6. The van der Waals surface area contributed by atoms with Gasteiger partial charge in [-0.05, 0) is 25.0 Å². The van der Waals surface area contributed by atoms with E-state index in [4.69, 9.17) is 0 Å². The zero-order valence-electron chi connectivity index (χ0n) is 19.9. The Morgan fingerprint density at radius 2 is 1.86 bits per heavy atom. The summed E-state index contributed by atoms with van der Waals surface area (Å²) >= 11 is 0. The molecular formula is C25H28F2N8O. The summed E-state index contributed by atoms with van der Waals surface area (Å²) in [7, 11) is 0. The Bertz CT molecular complexity index is 1290. The maximum absolute atomic E-state index is 12.8. The van der Waals surface area contributed by atoms with Crippen LogP contribution in [0, 0.1) is 11.3 Å². The number of amides is 1. The monoisotopic (exact) mass is 494 g/mol. The molecule has 2 aliphatic rings. The highest BCUT2D eigenvalue weighted by molar-refractivity contribution is 5.87. The molecule has 11 heteroatoms. The van der Waals surface area contributed by atoms with Crippen molar-refractivity contribution in [2.75, 3.05) is 44.2 Å². The number of anilines is 1. The quantitative estimate of drug-likeness (QED) is 0.490. The van der Waals surface area contributed by atoms with Crippen LogP contribution in [0.3, 0.4) is 0 Å². The minimum atomic E-state index is -2.48. The second-order valence-electron chi connectivity index (χ2n) is 9.20. The van der Waals surface area contributed by atoms with E-state index < -0.39 is 13.0 Å². The summed E-state index contributed by atoms with van der Waals surface area (Å²) in [6.07, 6.45) is 7.37. The Hall–Kier alpha value is -3.78. The molecule has 0 unspecified atom stereocenters. The van der Waals surface area contributed by atoms with Crippen molar-refractivity contribution in [3.05, 3.63) is 49.1 Å². The molecule has 3 aromatic rings. The summed E-state index contributed by atoms with van der Waals surface area (Å²) in [5, 5.41) is 18.1. The van der Waals surface area contributed by atoms with E-state index in [1.807, 2.05) is 11.0 Å². The van der Waals surface area contributed by atoms with Gasteiger partial charge >= 0.3 is 0 Å². The van der Waals surface area contributed by atoms with Gasteiger partial charge in [-0.3, -0.25) is 14.4 Å². The van der Waals surface area contributed by atoms with E-state index in [2.05, 4.69) is 32.6 Å². The summed E-state index contributed by atoms with van der Waals surface area (Å²) in [5.41, 5.74) is 3.67. The predicted molar refractivity (Wildman–Crippen MR) is 131 cm³/mol. The van der Waals surface area contributed by atoms with E-state index in [1.165, 1.54) is 10.8 Å². The van der Waals surface area contributed by atoms with Crippen LogP contribution in [0.15, 0.2) is 43.5 Å². The van der Waals surface area contributed by atoms with Crippen LogP contribution in [-0.2, 0) is 11.3 Å². The third-order valence-corrected chi connectivity index (χ3v) is 7.13. The largest absolute Gasteiger partial charge is 0.370 e. The maximum Gasteiger partial charge on any atom is 0.257 e. The Morgan fingerprint density at radius 1 is 1.11 bits per heavy atom. The fourth-order valence-corrected chi connectivity index (χ4v) is 5.24. The van der Waals surface area contributed by atoms with E-state index in [0.717, 1.165) is 61.4 Å². The molecule has 36 heavy (non-hydrogen) atoms. The molecule has 2 saturated heterocycles. The van der Waals surface area contributed by atoms with Gasteiger partial charge in [-0.15, -0.1) is 0 Å². The zero-order chi connectivity index (χ0) is 25.2. The SMILES string of the molecule is C=CC(=O)N1CCN(C2CCN(c3cc(-c4cnn(CC(F)F)c4)cn4ncc(C#N)c34)CC2)CC1. The fourth-order valence-electron chi connectivity index (χ4n) is 5.24. The average molecular weight is 495 g/mol. The lowest BCUT2D eigenvalue weighted by Gasteiger charge is -2.43. The van der Waals surface area contributed by atoms with Crippen molar-refractivity contribution < 1.29 is 13.6 Å². The Balaban J connectivity index is 1.35. The topological polar surface area (TPSA) is 85.7 Å². The number of pyridine rings is 1. The summed E-state index contributed by atoms with van der Waals surface area (Å²) in [4.78, 5) is 18.5. The molecule has 5 heterocycles. The van der Waals surface area contributed by atoms with Crippen LogP contribution in [0.4, 0.5) is 14.5 Å². The number of alkyl halides is 2. The van der Waals surface area contributed by atoms with Gasteiger partial charge < -0.3 is 9.80 Å². The first kappa shape index (κ1) is 23.9. The predicted octanol–water partition coefficient (Wildman–Crippen LogP) is 2.63. The molecule has 0 aliphatic carbocycles. The van der Waals surface area contributed by atoms with E-state index in [9.17, 15) is 18.8 Å². The standard InChI is InChI=1S/C25H28F2N8O/c1-2-24(36)33-9-7-31(8-10-33)21-3-5-32(6-4-21)22-11-18(16-35-25(22)19(12-28)13-30-35)20-14-29-34(15-20)17-23(26)27/h2,11,13-16,21,23H,1,3-10,17H2. The van der Waals surface area contributed by atoms with Crippen molar-refractivity contribution >= 4 is 17.1 Å². The van der Waals surface area contributed by atoms with Crippen LogP contribution in [-0.4, -0.2) is 86.8 Å². The first-order valence-electron chi connectivity index (χ1n) is 12.1. The van der Waals surface area contributed by atoms with Crippen LogP contribution >= 0.6 is 0 Å². The van der Waals surface area contributed by atoms with Gasteiger partial charge in [-0.2, -0.15) is 15.5 Å². The highest BCUT2D eigenvalue weighted by Gasteiger charge is 2.29. The van der Waals surface area contributed by atoms with E-state index in [0.29, 0.717) is 24.7 Å². The second-order valence-corrected chi connectivity index (χ2v) is 9.20. The summed E-state index contributed by atoms with van der Waals surface area (Å²) in [6.45, 7) is 7.89. The van der Waals surface area contributed by atoms with Gasteiger partial charge in [0.1, 0.15) is 18.1 Å². The van der Waals surface area contributed by atoms with Crippen LogP contribution < -0.4 is 4.90 Å². The van der Waals surface area contributed by atoms with Crippen LogP contribution in [0.2, 0.25) is 0 Å². The number of piperazine rings is 1. The third-order valence-electron chi connectivity index (χ3n) is 7.13. The number of piperidine rings is 1. The first-order chi connectivity index (χ1) is 17.5. The molecule has 0 bridgehead atoms. The molecule has 3 aromatic heterocycles. The summed E-state index contributed by atoms with van der Waals surface area (Å²) < 4.78 is 28.5. The molecule has 0 spiro atoms. The molecule has 2 aliphatic heterocycles. The molecule has 9 nitrogen and oxygen atoms in total. The number of fused-ring (bicyclic) bond motifs is 1. The number of nitrogens with zero attached hydrogens (tertiary/aromatic N) is 8. The van der Waals surface area contributed by atoms with Crippen molar-refractivity contribution in [2.45, 2.75) is 31.9 Å². The van der Waals surface area contributed by atoms with Crippen LogP contribution in [0.1, 0.15) is 18.4 Å². The lowest BCUT2D eigenvalue weighted by atomic mass is 10.0. The van der Waals surface area contributed by atoms with Crippen LogP contribution in [0.25, 0.3) is 16.6 Å². The first-order valence-corrected chi connectivity index (χ1v) is 12.1. The number of aromatic nitrogens is 4. The minimum absolute atomic E-state index is 0.0118. The normalized spacial score (nSPS) is 17.6. The molecule has 2 fully saturated rings. The van der Waals surface area contributed by atoms with Crippen molar-refractivity contribution in [3.63, 3.8) is 0 Å². The van der Waals surface area contributed by atoms with Crippen molar-refractivity contribution in [3.8, 4) is 17.2 Å². The smallest absolute Gasteiger partial charge is 0.257 e. The molecule has 5 rings (SSSR count). The van der Waals surface area contributed by atoms with Gasteiger partial charge in [-0.25, -0.2) is 13.3 Å². The lowest BCUT2D eigenvalue weighted by molar-refractivity contribution is -0.128. The Morgan fingerprint density at radius 3 is 2.53 bits per heavy atom. The minimum Gasteiger partial charge on any atom is -0.370 e. The van der Waals surface area contributed by atoms with E-state index >= 15 is 0 Å². The average Bonchev–Trinajstić information content (AvgIpc) is 3.54. The second kappa shape index (κ2) is 10.1. The molecular weight excluding hydrogens is 466 g/mol. The molecule has 0 radical (unpaired) electrons. The van der Waals surface area contributed by atoms with Crippen molar-refractivity contribution in [1.82, 2.24) is 29.2 Å². The number of hydrogen-bond donors (Lipinski definition) is 0. The number of carbonyl (C=O) groups excluding carboxylic acids is 1. The summed E-state index contributed by atoms with van der Waals surface area (Å²) in [6, 6.07) is 4.68. The number of halogens is 2. The number of carbonyl (C=O) groups is 1. The third kappa shape index (κ3) is 4.68. The lowest BCUT2D eigenvalue weighted by Crippen LogP contribution is -2.54. The molecule has 0 aromatic carbocycles. The van der Waals surface area contributed by atoms with Crippen molar-refractivity contribution in [1.29, 1.82) is 5.26 Å². The highest BCUT2D eigenvalue weighted by Crippen LogP contribution is 2.33. The summed E-state index contributed by atoms with van der Waals surface area (Å²) in [5.74, 6) is -0.0118. The number of hydrogen-bond acceptors (Lipinski definition) is 6. The fraction of sp³-hybridized carbons (Fsp3) is 0.440. The Labute approximate surface area is 207 Å². The van der Waals surface area contributed by atoms with Gasteiger partial charge in [0, 0.05) is 68.8 Å². The maximum atomic E-state index is 12.8. The van der Waals surface area contributed by atoms with Gasteiger partial charge in [0.25, 0.3) is 6.43 Å². The van der Waals surface area contributed by atoms with Gasteiger partial charge in [0.15, 0.2) is 0 Å². The molecule has 1 amide bonds. The van der Waals surface area contributed by atoms with Gasteiger partial charge in [0.05, 0.1) is 23.6 Å². The Kier molecular flexibility index (Phi) is 6.69. The van der Waals surface area contributed by atoms with Gasteiger partial charge in [-0.1, -0.05) is 6.58 Å². The molecule has 0 saturated carbocycles. The highest BCUT2D eigenvalue weighted by atomic mass is 19.3. The molecule has 0 atom stereocenters. The zero-order valence-corrected chi connectivity index (χ0v) is 19.9. The number of nitriles is 1. The molecule has 188 valence electrons. The van der Waals surface area contributed by atoms with Crippen molar-refractivity contribution in [2.24, 2.45) is 0 Å². The van der Waals surface area contributed by atoms with Gasteiger partial charge in [0.2, 0.25) is 5.91 Å². The van der Waals surface area contributed by atoms with Crippen LogP contribution in [0.5, 0.6) is 0 Å². The van der Waals surface area contributed by atoms with E-state index in [1.54, 1.807) is 29.3 Å². The van der Waals surface area contributed by atoms with E-state index in [-0.39, 0.29) is 5.91 Å². The molecule has 0 N–H and O–H groups in total.